The van der Waals surface area contributed by atoms with Gasteiger partial charge in [-0.05, 0) is 51.3 Å². The molecule has 34 heavy (non-hydrogen) atoms. The van der Waals surface area contributed by atoms with Crippen LogP contribution < -0.4 is 5.32 Å². The number of piperazine rings is 1. The maximum Gasteiger partial charge on any atom is 0.321 e. The van der Waals surface area contributed by atoms with Crippen LogP contribution in [0.15, 0.2) is 24.4 Å². The lowest BCUT2D eigenvalue weighted by Crippen LogP contribution is -2.63. The van der Waals surface area contributed by atoms with Gasteiger partial charge in [0.25, 0.3) is 5.91 Å². The number of anilines is 1. The zero-order valence-corrected chi connectivity index (χ0v) is 20.5. The summed E-state index contributed by atoms with van der Waals surface area (Å²) in [6.45, 7) is 11.9. The first-order valence-electron chi connectivity index (χ1n) is 12.4. The van der Waals surface area contributed by atoms with Crippen LogP contribution in [0.1, 0.15) is 68.7 Å². The first-order chi connectivity index (χ1) is 16.3. The van der Waals surface area contributed by atoms with Crippen molar-refractivity contribution in [3.8, 4) is 0 Å². The van der Waals surface area contributed by atoms with Crippen LogP contribution in [0.4, 0.5) is 10.6 Å². The fourth-order valence-electron chi connectivity index (χ4n) is 5.77. The minimum absolute atomic E-state index is 0.0773. The number of amides is 3. The molecule has 182 valence electrons. The molecule has 0 radical (unpaired) electrons. The van der Waals surface area contributed by atoms with E-state index < -0.39 is 5.54 Å². The molecule has 2 saturated heterocycles. The van der Waals surface area contributed by atoms with E-state index in [4.69, 9.17) is 0 Å². The number of urea groups is 1. The molecule has 2 unspecified atom stereocenters. The molecule has 2 N–H and O–H groups in total. The Morgan fingerprint density at radius 2 is 2.12 bits per heavy atom. The van der Waals surface area contributed by atoms with Gasteiger partial charge in [0, 0.05) is 36.9 Å². The Morgan fingerprint density at radius 3 is 2.85 bits per heavy atom. The Kier molecular flexibility index (Phi) is 5.83. The van der Waals surface area contributed by atoms with Gasteiger partial charge in [-0.2, -0.15) is 5.10 Å². The number of carbonyl (C=O) groups is 2. The van der Waals surface area contributed by atoms with Gasteiger partial charge in [0.1, 0.15) is 5.69 Å². The lowest BCUT2D eigenvalue weighted by Gasteiger charge is -2.48. The van der Waals surface area contributed by atoms with Crippen LogP contribution in [0.3, 0.4) is 0 Å². The molecular weight excluding hydrogens is 430 g/mol. The third-order valence-corrected chi connectivity index (χ3v) is 8.11. The predicted molar refractivity (Wildman–Crippen MR) is 129 cm³/mol. The maximum atomic E-state index is 14.1. The number of hydrogen-bond acceptors (Lipinski definition) is 5. The highest BCUT2D eigenvalue weighted by molar-refractivity contribution is 6.02. The SMILES string of the molecule is CCC(C)C1CN2CCC[C@H]2CN1C(=O)N1Cc2c(NC(=O)c3ccccn3)n[nH]c2C1(C)C. The third kappa shape index (κ3) is 3.76. The second kappa shape index (κ2) is 8.69. The van der Waals surface area contributed by atoms with Crippen molar-refractivity contribution in [2.75, 3.05) is 25.0 Å². The van der Waals surface area contributed by atoms with E-state index >= 15 is 0 Å². The van der Waals surface area contributed by atoms with Crippen molar-refractivity contribution < 1.29 is 9.59 Å². The van der Waals surface area contributed by atoms with Crippen molar-refractivity contribution in [2.45, 2.75) is 71.1 Å². The van der Waals surface area contributed by atoms with Crippen LogP contribution in [0, 0.1) is 5.92 Å². The van der Waals surface area contributed by atoms with Crippen LogP contribution in [0.5, 0.6) is 0 Å². The van der Waals surface area contributed by atoms with Crippen molar-refractivity contribution in [2.24, 2.45) is 5.92 Å². The summed E-state index contributed by atoms with van der Waals surface area (Å²) in [5, 5.41) is 10.3. The van der Waals surface area contributed by atoms with Gasteiger partial charge in [-0.15, -0.1) is 0 Å². The molecule has 5 heterocycles. The van der Waals surface area contributed by atoms with Gasteiger partial charge in [0.15, 0.2) is 5.82 Å². The quantitative estimate of drug-likeness (QED) is 0.721. The minimum Gasteiger partial charge on any atom is -0.319 e. The van der Waals surface area contributed by atoms with Crippen LogP contribution in [0.25, 0.3) is 0 Å². The fourth-order valence-corrected chi connectivity index (χ4v) is 5.77. The molecule has 3 amide bonds. The van der Waals surface area contributed by atoms with Gasteiger partial charge in [-0.1, -0.05) is 26.3 Å². The number of hydrogen-bond donors (Lipinski definition) is 2. The predicted octanol–water partition coefficient (Wildman–Crippen LogP) is 3.42. The van der Waals surface area contributed by atoms with Crippen molar-refractivity contribution in [1.82, 2.24) is 29.9 Å². The highest BCUT2D eigenvalue weighted by Gasteiger charge is 2.48. The topological polar surface area (TPSA) is 97.5 Å². The average molecular weight is 466 g/mol. The van der Waals surface area contributed by atoms with Crippen molar-refractivity contribution in [3.05, 3.63) is 41.3 Å². The summed E-state index contributed by atoms with van der Waals surface area (Å²) in [6, 6.07) is 5.96. The summed E-state index contributed by atoms with van der Waals surface area (Å²) in [6.07, 6.45) is 5.01. The molecule has 0 saturated carbocycles. The molecule has 3 atom stereocenters. The Hall–Kier alpha value is -2.94. The lowest BCUT2D eigenvalue weighted by molar-refractivity contribution is 0.0219. The summed E-state index contributed by atoms with van der Waals surface area (Å²) >= 11 is 0. The van der Waals surface area contributed by atoms with E-state index in [1.54, 1.807) is 24.4 Å². The second-order valence-electron chi connectivity index (χ2n) is 10.4. The lowest BCUT2D eigenvalue weighted by atomic mass is 9.93. The molecule has 3 aliphatic heterocycles. The number of pyridine rings is 1. The van der Waals surface area contributed by atoms with E-state index in [1.165, 1.54) is 6.42 Å². The van der Waals surface area contributed by atoms with Crippen molar-refractivity contribution >= 4 is 17.8 Å². The van der Waals surface area contributed by atoms with Crippen molar-refractivity contribution in [3.63, 3.8) is 0 Å². The van der Waals surface area contributed by atoms with E-state index in [0.717, 1.165) is 43.7 Å². The number of fused-ring (bicyclic) bond motifs is 2. The second-order valence-corrected chi connectivity index (χ2v) is 10.4. The Bertz CT molecular complexity index is 1070. The first-order valence-corrected chi connectivity index (χ1v) is 12.4. The standard InChI is InChI=1S/C25H35N7O2/c1-5-16(2)20-15-30-12-8-9-17(30)13-31(20)24(34)32-14-18-21(25(32,3)4)28-29-22(18)27-23(33)19-10-6-7-11-26-19/h6-7,10-11,16-17,20H,5,8-9,12-15H2,1-4H3,(H2,27,28,29,33)/t16?,17-,20?/m0/s1. The zero-order valence-electron chi connectivity index (χ0n) is 20.5. The number of nitrogens with zero attached hydrogens (tertiary/aromatic N) is 5. The van der Waals surface area contributed by atoms with Gasteiger partial charge in [-0.25, -0.2) is 4.79 Å². The molecule has 9 nitrogen and oxygen atoms in total. The number of carbonyl (C=O) groups excluding carboxylic acids is 2. The first kappa shape index (κ1) is 22.8. The highest BCUT2D eigenvalue weighted by atomic mass is 16.2. The largest absolute Gasteiger partial charge is 0.321 e. The van der Waals surface area contributed by atoms with Gasteiger partial charge in [0.2, 0.25) is 0 Å². The number of rotatable bonds is 4. The number of nitrogens with one attached hydrogen (secondary N) is 2. The van der Waals surface area contributed by atoms with E-state index in [9.17, 15) is 9.59 Å². The fraction of sp³-hybridized carbons (Fsp3) is 0.600. The van der Waals surface area contributed by atoms with Crippen molar-refractivity contribution in [1.29, 1.82) is 0 Å². The van der Waals surface area contributed by atoms with E-state index in [2.05, 4.69) is 44.1 Å². The Balaban J connectivity index is 1.38. The molecule has 2 fully saturated rings. The van der Waals surface area contributed by atoms with E-state index in [-0.39, 0.29) is 18.0 Å². The molecule has 0 aliphatic carbocycles. The minimum atomic E-state index is -0.555. The van der Waals surface area contributed by atoms with Crippen LogP contribution in [0.2, 0.25) is 0 Å². The van der Waals surface area contributed by atoms with Gasteiger partial charge < -0.3 is 15.1 Å². The van der Waals surface area contributed by atoms with Gasteiger partial charge in [-0.3, -0.25) is 19.8 Å². The molecule has 3 aliphatic rings. The smallest absolute Gasteiger partial charge is 0.319 e. The van der Waals surface area contributed by atoms with E-state index in [0.29, 0.717) is 30.0 Å². The highest BCUT2D eigenvalue weighted by Crippen LogP contribution is 2.42. The normalized spacial score (nSPS) is 24.6. The summed E-state index contributed by atoms with van der Waals surface area (Å²) in [5.41, 5.74) is 1.51. The molecule has 0 bridgehead atoms. The molecular formula is C25H35N7O2. The molecule has 0 spiro atoms. The van der Waals surface area contributed by atoms with Crippen LogP contribution in [-0.4, -0.2) is 73.5 Å². The van der Waals surface area contributed by atoms with Crippen LogP contribution in [-0.2, 0) is 12.1 Å². The average Bonchev–Trinajstić information content (AvgIpc) is 3.53. The number of aromatic nitrogens is 3. The summed E-state index contributed by atoms with van der Waals surface area (Å²) in [7, 11) is 0. The molecule has 5 rings (SSSR count). The molecule has 2 aromatic rings. The van der Waals surface area contributed by atoms with Gasteiger partial charge in [0.05, 0.1) is 17.8 Å². The van der Waals surface area contributed by atoms with Crippen LogP contribution >= 0.6 is 0 Å². The molecule has 2 aromatic heterocycles. The third-order valence-electron chi connectivity index (χ3n) is 8.11. The van der Waals surface area contributed by atoms with Gasteiger partial charge >= 0.3 is 6.03 Å². The zero-order chi connectivity index (χ0) is 24.0. The monoisotopic (exact) mass is 465 g/mol. The number of aromatic amines is 1. The maximum absolute atomic E-state index is 14.1. The molecule has 0 aromatic carbocycles. The Labute approximate surface area is 200 Å². The molecule has 9 heteroatoms. The Morgan fingerprint density at radius 1 is 1.29 bits per heavy atom. The summed E-state index contributed by atoms with van der Waals surface area (Å²) < 4.78 is 0. The summed E-state index contributed by atoms with van der Waals surface area (Å²) in [5.74, 6) is 0.587. The summed E-state index contributed by atoms with van der Waals surface area (Å²) in [4.78, 5) is 37.5. The van der Waals surface area contributed by atoms with E-state index in [1.807, 2.05) is 18.7 Å². The number of H-pyrrole nitrogens is 1.